The average molecular weight is 263 g/mol. The first-order valence-corrected chi connectivity index (χ1v) is 6.95. The maximum absolute atomic E-state index is 13.4. The largest absolute Gasteiger partial charge is 0.370 e. The van der Waals surface area contributed by atoms with Gasteiger partial charge in [0.2, 0.25) is 0 Å². The van der Waals surface area contributed by atoms with Gasteiger partial charge in [-0.15, -0.1) is 0 Å². The molecule has 0 aromatic heterocycles. The lowest BCUT2D eigenvalue weighted by Crippen LogP contribution is -2.42. The Balaban J connectivity index is 1.83. The standard InChI is InChI=1S/C15H22FN3/c1-12-7-10-19(11-8-12)15(17)18-9-6-13-4-2-3-5-14(13)16/h2-5,12H,6-11H2,1H3,(H2,17,18). The van der Waals surface area contributed by atoms with Gasteiger partial charge in [-0.3, -0.25) is 4.99 Å². The molecule has 2 N–H and O–H groups in total. The number of aliphatic imine (C=N–C) groups is 1. The zero-order valence-electron chi connectivity index (χ0n) is 11.5. The van der Waals surface area contributed by atoms with Gasteiger partial charge in [0.15, 0.2) is 5.96 Å². The zero-order chi connectivity index (χ0) is 13.7. The van der Waals surface area contributed by atoms with Crippen molar-refractivity contribution in [1.82, 2.24) is 4.90 Å². The van der Waals surface area contributed by atoms with Gasteiger partial charge >= 0.3 is 0 Å². The topological polar surface area (TPSA) is 41.6 Å². The Kier molecular flexibility index (Phi) is 4.77. The number of hydrogen-bond donors (Lipinski definition) is 1. The van der Waals surface area contributed by atoms with E-state index in [1.165, 1.54) is 18.9 Å². The summed E-state index contributed by atoms with van der Waals surface area (Å²) in [5.74, 6) is 1.22. The molecule has 1 aromatic carbocycles. The molecule has 0 unspecified atom stereocenters. The highest BCUT2D eigenvalue weighted by Crippen LogP contribution is 2.15. The van der Waals surface area contributed by atoms with E-state index in [2.05, 4.69) is 16.8 Å². The molecule has 0 amide bonds. The molecule has 1 aliphatic heterocycles. The molecule has 1 heterocycles. The molecular formula is C15H22FN3. The van der Waals surface area contributed by atoms with Crippen molar-refractivity contribution < 1.29 is 4.39 Å². The SMILES string of the molecule is CC1CCN(C(N)=NCCc2ccccc2F)CC1. The Morgan fingerprint density at radius 2 is 2.05 bits per heavy atom. The number of likely N-dealkylation sites (tertiary alicyclic amines) is 1. The minimum Gasteiger partial charge on any atom is -0.370 e. The maximum atomic E-state index is 13.4. The van der Waals surface area contributed by atoms with Crippen LogP contribution in [0.3, 0.4) is 0 Å². The highest BCUT2D eigenvalue weighted by atomic mass is 19.1. The van der Waals surface area contributed by atoms with Gasteiger partial charge in [0.1, 0.15) is 5.82 Å². The van der Waals surface area contributed by atoms with Crippen LogP contribution in [0, 0.1) is 11.7 Å². The van der Waals surface area contributed by atoms with E-state index < -0.39 is 0 Å². The summed E-state index contributed by atoms with van der Waals surface area (Å²) in [7, 11) is 0. The van der Waals surface area contributed by atoms with Crippen LogP contribution < -0.4 is 5.73 Å². The fourth-order valence-electron chi connectivity index (χ4n) is 2.33. The summed E-state index contributed by atoms with van der Waals surface area (Å²) < 4.78 is 13.4. The molecule has 19 heavy (non-hydrogen) atoms. The van der Waals surface area contributed by atoms with E-state index in [1.54, 1.807) is 12.1 Å². The molecule has 0 saturated carbocycles. The molecule has 0 spiro atoms. The quantitative estimate of drug-likeness (QED) is 0.672. The summed E-state index contributed by atoms with van der Waals surface area (Å²) in [6.45, 7) is 4.77. The first kappa shape index (κ1) is 13.8. The van der Waals surface area contributed by atoms with Crippen molar-refractivity contribution in [3.05, 3.63) is 35.6 Å². The van der Waals surface area contributed by atoms with Crippen LogP contribution in [-0.2, 0) is 6.42 Å². The Morgan fingerprint density at radius 3 is 2.74 bits per heavy atom. The van der Waals surface area contributed by atoms with E-state index in [-0.39, 0.29) is 5.82 Å². The fourth-order valence-corrected chi connectivity index (χ4v) is 2.33. The Hall–Kier alpha value is -1.58. The zero-order valence-corrected chi connectivity index (χ0v) is 11.5. The monoisotopic (exact) mass is 263 g/mol. The van der Waals surface area contributed by atoms with Gasteiger partial charge in [0.05, 0.1) is 0 Å². The second-order valence-electron chi connectivity index (χ2n) is 5.25. The first-order valence-electron chi connectivity index (χ1n) is 6.95. The molecule has 0 aliphatic carbocycles. The van der Waals surface area contributed by atoms with Crippen molar-refractivity contribution in [2.75, 3.05) is 19.6 Å². The molecule has 3 nitrogen and oxygen atoms in total. The number of piperidine rings is 1. The number of guanidine groups is 1. The van der Waals surface area contributed by atoms with E-state index in [0.29, 0.717) is 24.5 Å². The number of hydrogen-bond acceptors (Lipinski definition) is 1. The van der Waals surface area contributed by atoms with Crippen LogP contribution in [0.5, 0.6) is 0 Å². The second-order valence-corrected chi connectivity index (χ2v) is 5.25. The number of halogens is 1. The van der Waals surface area contributed by atoms with Gasteiger partial charge in [-0.1, -0.05) is 25.1 Å². The summed E-state index contributed by atoms with van der Waals surface area (Å²) in [6, 6.07) is 6.82. The summed E-state index contributed by atoms with van der Waals surface area (Å²) in [4.78, 5) is 6.49. The van der Waals surface area contributed by atoms with Crippen LogP contribution in [0.1, 0.15) is 25.3 Å². The van der Waals surface area contributed by atoms with Gasteiger partial charge in [-0.05, 0) is 36.8 Å². The lowest BCUT2D eigenvalue weighted by atomic mass is 10.00. The second kappa shape index (κ2) is 6.55. The van der Waals surface area contributed by atoms with Gasteiger partial charge in [-0.2, -0.15) is 0 Å². The summed E-state index contributed by atoms with van der Waals surface area (Å²) in [5.41, 5.74) is 6.68. The third-order valence-corrected chi connectivity index (χ3v) is 3.72. The Labute approximate surface area is 114 Å². The molecule has 4 heteroatoms. The van der Waals surface area contributed by atoms with Crippen LogP contribution in [0.25, 0.3) is 0 Å². The lowest BCUT2D eigenvalue weighted by molar-refractivity contribution is 0.277. The number of nitrogens with two attached hydrogens (primary N) is 1. The van der Waals surface area contributed by atoms with E-state index in [9.17, 15) is 4.39 Å². The minimum atomic E-state index is -0.164. The van der Waals surface area contributed by atoms with Crippen molar-refractivity contribution >= 4 is 5.96 Å². The van der Waals surface area contributed by atoms with E-state index in [0.717, 1.165) is 19.0 Å². The third-order valence-electron chi connectivity index (χ3n) is 3.72. The van der Waals surface area contributed by atoms with Crippen molar-refractivity contribution in [3.8, 4) is 0 Å². The van der Waals surface area contributed by atoms with Gasteiger partial charge < -0.3 is 10.6 Å². The normalized spacial score (nSPS) is 17.8. The fraction of sp³-hybridized carbons (Fsp3) is 0.533. The molecule has 1 saturated heterocycles. The van der Waals surface area contributed by atoms with E-state index in [1.807, 2.05) is 6.07 Å². The van der Waals surface area contributed by atoms with Crippen LogP contribution in [0.2, 0.25) is 0 Å². The summed E-state index contributed by atoms with van der Waals surface area (Å²) in [5, 5.41) is 0. The van der Waals surface area contributed by atoms with Crippen molar-refractivity contribution in [2.24, 2.45) is 16.6 Å². The highest BCUT2D eigenvalue weighted by Gasteiger charge is 2.16. The van der Waals surface area contributed by atoms with E-state index >= 15 is 0 Å². The molecule has 1 aliphatic rings. The molecule has 0 radical (unpaired) electrons. The predicted octanol–water partition coefficient (Wildman–Crippen LogP) is 2.41. The first-order chi connectivity index (χ1) is 9.16. The van der Waals surface area contributed by atoms with Crippen molar-refractivity contribution in [2.45, 2.75) is 26.2 Å². The molecule has 0 bridgehead atoms. The summed E-state index contributed by atoms with van der Waals surface area (Å²) in [6.07, 6.45) is 2.94. The molecule has 1 aromatic rings. The smallest absolute Gasteiger partial charge is 0.191 e. The predicted molar refractivity (Wildman–Crippen MR) is 76.6 cm³/mol. The van der Waals surface area contributed by atoms with Gasteiger partial charge in [0, 0.05) is 19.6 Å². The lowest BCUT2D eigenvalue weighted by Gasteiger charge is -2.31. The highest BCUT2D eigenvalue weighted by molar-refractivity contribution is 5.78. The Bertz CT molecular complexity index is 437. The summed E-state index contributed by atoms with van der Waals surface area (Å²) >= 11 is 0. The molecule has 1 fully saturated rings. The number of benzene rings is 1. The molecule has 104 valence electrons. The molecule has 2 rings (SSSR count). The van der Waals surface area contributed by atoms with Crippen LogP contribution in [0.15, 0.2) is 29.3 Å². The van der Waals surface area contributed by atoms with Crippen LogP contribution in [0.4, 0.5) is 4.39 Å². The van der Waals surface area contributed by atoms with Crippen LogP contribution >= 0.6 is 0 Å². The number of rotatable bonds is 3. The van der Waals surface area contributed by atoms with E-state index in [4.69, 9.17) is 5.73 Å². The maximum Gasteiger partial charge on any atom is 0.191 e. The molecular weight excluding hydrogens is 241 g/mol. The number of nitrogens with zero attached hydrogens (tertiary/aromatic N) is 2. The minimum absolute atomic E-state index is 0.164. The average Bonchev–Trinajstić information content (AvgIpc) is 2.41. The van der Waals surface area contributed by atoms with Crippen molar-refractivity contribution in [3.63, 3.8) is 0 Å². The third kappa shape index (κ3) is 3.94. The van der Waals surface area contributed by atoms with Crippen LogP contribution in [-0.4, -0.2) is 30.5 Å². The Morgan fingerprint density at radius 1 is 1.37 bits per heavy atom. The van der Waals surface area contributed by atoms with Gasteiger partial charge in [0.25, 0.3) is 0 Å². The molecule has 0 atom stereocenters. The van der Waals surface area contributed by atoms with Crippen molar-refractivity contribution in [1.29, 1.82) is 0 Å². The van der Waals surface area contributed by atoms with Gasteiger partial charge in [-0.25, -0.2) is 4.39 Å².